The smallest absolute Gasteiger partial charge is 0.407 e. The number of hydrogen-bond acceptors (Lipinski definition) is 8. The maximum absolute atomic E-state index is 14.7. The molecule has 0 unspecified atom stereocenters. The molecule has 2 heterocycles. The molecule has 5 rings (SSSR count). The molecular weight excluding hydrogens is 662 g/mol. The summed E-state index contributed by atoms with van der Waals surface area (Å²) in [7, 11) is -0.511. The fourth-order valence-electron chi connectivity index (χ4n) is 5.50. The van der Waals surface area contributed by atoms with E-state index in [2.05, 4.69) is 15.0 Å². The lowest BCUT2D eigenvalue weighted by atomic mass is 9.91. The Morgan fingerprint density at radius 3 is 2.37 bits per heavy atom. The zero-order valence-electron chi connectivity index (χ0n) is 25.1. The summed E-state index contributed by atoms with van der Waals surface area (Å²) < 4.78 is 65.9. The fraction of sp³-hybridized carbons (Fsp3) is 0.323. The molecule has 2 aromatic carbocycles. The van der Waals surface area contributed by atoms with E-state index in [9.17, 15) is 26.8 Å². The molecule has 0 atom stereocenters. The van der Waals surface area contributed by atoms with Gasteiger partial charge in [-0.05, 0) is 67.6 Å². The van der Waals surface area contributed by atoms with Gasteiger partial charge in [-0.25, -0.2) is 27.0 Å². The minimum atomic E-state index is -3.50. The maximum atomic E-state index is 14.7. The van der Waals surface area contributed by atoms with Gasteiger partial charge in [-0.1, -0.05) is 17.7 Å². The van der Waals surface area contributed by atoms with Crippen LogP contribution in [0.1, 0.15) is 40.9 Å². The average molecular weight is 693 g/mol. The van der Waals surface area contributed by atoms with Gasteiger partial charge in [0.2, 0.25) is 10.0 Å². The van der Waals surface area contributed by atoms with Gasteiger partial charge in [-0.15, -0.1) is 11.3 Å². The van der Waals surface area contributed by atoms with Crippen LogP contribution < -0.4 is 14.8 Å². The first-order chi connectivity index (χ1) is 21.9. The molecule has 0 spiro atoms. The number of carbonyl (C=O) groups excluding carboxylic acids is 2. The number of benzene rings is 2. The quantitative estimate of drug-likeness (QED) is 0.203. The third-order valence-corrected chi connectivity index (χ3v) is 9.96. The van der Waals surface area contributed by atoms with Gasteiger partial charge in [0.1, 0.15) is 34.2 Å². The Hall–Kier alpha value is -4.01. The predicted molar refractivity (Wildman–Crippen MR) is 173 cm³/mol. The van der Waals surface area contributed by atoms with E-state index in [1.54, 1.807) is 17.0 Å². The molecule has 1 aliphatic carbocycles. The molecule has 0 bridgehead atoms. The summed E-state index contributed by atoms with van der Waals surface area (Å²) in [5.41, 5.74) is 2.06. The summed E-state index contributed by atoms with van der Waals surface area (Å²) >= 11 is 7.34. The number of fused-ring (bicyclic) bond motifs is 1. The van der Waals surface area contributed by atoms with Crippen LogP contribution in [0.5, 0.6) is 5.75 Å². The normalized spacial score (nSPS) is 16.6. The summed E-state index contributed by atoms with van der Waals surface area (Å²) in [6.07, 6.45) is 3.70. The zero-order valence-corrected chi connectivity index (χ0v) is 27.5. The van der Waals surface area contributed by atoms with E-state index in [1.807, 2.05) is 12.1 Å². The average Bonchev–Trinajstić information content (AvgIpc) is 3.39. The molecule has 244 valence electrons. The Morgan fingerprint density at radius 2 is 1.76 bits per heavy atom. The Morgan fingerprint density at radius 1 is 1.07 bits per heavy atom. The van der Waals surface area contributed by atoms with Crippen LogP contribution in [-0.4, -0.2) is 62.9 Å². The second-order valence-electron chi connectivity index (χ2n) is 10.8. The summed E-state index contributed by atoms with van der Waals surface area (Å²) in [5.74, 6) is -1.23. The van der Waals surface area contributed by atoms with Crippen LogP contribution >= 0.6 is 22.9 Å². The van der Waals surface area contributed by atoms with Crippen LogP contribution in [0.15, 0.2) is 48.7 Å². The number of ether oxygens (including phenoxy) is 2. The Labute approximate surface area is 273 Å². The highest BCUT2D eigenvalue weighted by molar-refractivity contribution is 7.92. The number of carbonyl (C=O) groups is 2. The van der Waals surface area contributed by atoms with Crippen molar-refractivity contribution in [3.05, 3.63) is 75.8 Å². The second-order valence-corrected chi connectivity index (χ2v) is 14.0. The molecule has 46 heavy (non-hydrogen) atoms. The van der Waals surface area contributed by atoms with Crippen LogP contribution in [0.3, 0.4) is 0 Å². The van der Waals surface area contributed by atoms with Crippen molar-refractivity contribution in [3.8, 4) is 16.9 Å². The minimum Gasteiger partial charge on any atom is -0.496 e. The molecule has 15 heteroatoms. The van der Waals surface area contributed by atoms with Gasteiger partial charge in [0.25, 0.3) is 5.91 Å². The number of halogens is 3. The number of pyridine rings is 1. The molecule has 0 aliphatic heterocycles. The lowest BCUT2D eigenvalue weighted by Gasteiger charge is -2.37. The second kappa shape index (κ2) is 13.8. The number of hydrogen-bond donors (Lipinski definition) is 2. The van der Waals surface area contributed by atoms with Gasteiger partial charge >= 0.3 is 6.09 Å². The number of thiophene rings is 1. The van der Waals surface area contributed by atoms with Crippen LogP contribution in [-0.2, 0) is 21.3 Å². The number of nitrogens with one attached hydrogen (secondary N) is 2. The third-order valence-electron chi connectivity index (χ3n) is 7.71. The van der Waals surface area contributed by atoms with Crippen molar-refractivity contribution in [2.45, 2.75) is 44.4 Å². The monoisotopic (exact) mass is 692 g/mol. The first kappa shape index (κ1) is 33.4. The molecule has 1 saturated carbocycles. The van der Waals surface area contributed by atoms with Gasteiger partial charge in [-0.2, -0.15) is 0 Å². The van der Waals surface area contributed by atoms with Crippen molar-refractivity contribution in [2.24, 2.45) is 0 Å². The molecule has 1 aliphatic rings. The van der Waals surface area contributed by atoms with E-state index in [0.29, 0.717) is 42.6 Å². The third kappa shape index (κ3) is 7.34. The number of rotatable bonds is 9. The van der Waals surface area contributed by atoms with Gasteiger partial charge in [-0.3, -0.25) is 9.52 Å². The molecule has 2 N–H and O–H groups in total. The summed E-state index contributed by atoms with van der Waals surface area (Å²) in [5, 5.41) is 2.15. The minimum absolute atomic E-state index is 0.0117. The van der Waals surface area contributed by atoms with Gasteiger partial charge in [0.05, 0.1) is 28.5 Å². The number of anilines is 1. The lowest BCUT2D eigenvalue weighted by molar-refractivity contribution is 0.0381. The maximum Gasteiger partial charge on any atom is 0.407 e. The van der Waals surface area contributed by atoms with Gasteiger partial charge in [0, 0.05) is 37.0 Å². The van der Waals surface area contributed by atoms with E-state index in [0.717, 1.165) is 35.3 Å². The number of sulfonamides is 1. The molecule has 10 nitrogen and oxygen atoms in total. The zero-order chi connectivity index (χ0) is 33.2. The van der Waals surface area contributed by atoms with E-state index in [-0.39, 0.29) is 44.5 Å². The Bertz CT molecular complexity index is 1880. The first-order valence-corrected chi connectivity index (χ1v) is 17.3. The molecule has 2 amide bonds. The van der Waals surface area contributed by atoms with Gasteiger partial charge < -0.3 is 19.7 Å². The van der Waals surface area contributed by atoms with E-state index >= 15 is 0 Å². The van der Waals surface area contributed by atoms with Crippen molar-refractivity contribution >= 4 is 60.9 Å². The van der Waals surface area contributed by atoms with E-state index in [1.165, 1.54) is 26.4 Å². The number of nitrogens with zero attached hydrogens (tertiary/aromatic N) is 2. The molecule has 2 aromatic heterocycles. The highest BCUT2D eigenvalue weighted by Gasteiger charge is 2.34. The molecule has 0 saturated heterocycles. The van der Waals surface area contributed by atoms with Crippen molar-refractivity contribution in [1.82, 2.24) is 15.2 Å². The standard InChI is InChI=1S/C31H31ClF2N4O6S2/c1-35-31(40)44-21-8-6-20(7-9-21)38(30(39)29-27(32)26-22(33)10-11-23(34)28(26)45-29)16-19-14-17(4-12-24(19)43-2)18-5-13-25(36-15-18)37-46(3,41)42/h4-5,10-15,20-21H,6-9,16H2,1-3H3,(H,35,40)(H,36,37). The summed E-state index contributed by atoms with van der Waals surface area (Å²) in [6.45, 7) is 0.0676. The number of aromatic nitrogens is 1. The topological polar surface area (TPSA) is 127 Å². The number of alkyl carbamates (subject to hydrolysis) is 1. The number of methoxy groups -OCH3 is 1. The Balaban J connectivity index is 1.50. The molecule has 1 fully saturated rings. The van der Waals surface area contributed by atoms with E-state index < -0.39 is 33.7 Å². The summed E-state index contributed by atoms with van der Waals surface area (Å²) in [6, 6.07) is 10.3. The largest absolute Gasteiger partial charge is 0.496 e. The predicted octanol–water partition coefficient (Wildman–Crippen LogP) is 6.58. The highest BCUT2D eigenvalue weighted by Crippen LogP contribution is 2.41. The van der Waals surface area contributed by atoms with E-state index in [4.69, 9.17) is 21.1 Å². The van der Waals surface area contributed by atoms with Crippen LogP contribution in [0.25, 0.3) is 21.2 Å². The highest BCUT2D eigenvalue weighted by atomic mass is 35.5. The van der Waals surface area contributed by atoms with Crippen molar-refractivity contribution in [3.63, 3.8) is 0 Å². The van der Waals surface area contributed by atoms with Crippen molar-refractivity contribution in [1.29, 1.82) is 0 Å². The fourth-order valence-corrected chi connectivity index (χ4v) is 7.50. The van der Waals surface area contributed by atoms with Crippen LogP contribution in [0.2, 0.25) is 5.02 Å². The lowest BCUT2D eigenvalue weighted by Crippen LogP contribution is -2.43. The SMILES string of the molecule is CNC(=O)OC1CCC(N(Cc2cc(-c3ccc(NS(C)(=O)=O)nc3)ccc2OC)C(=O)c2sc3c(F)ccc(F)c3c2Cl)CC1. The molecule has 4 aromatic rings. The molecular formula is C31H31ClF2N4O6S2. The van der Waals surface area contributed by atoms with Crippen molar-refractivity contribution < 1.29 is 36.3 Å². The Kier molecular flexibility index (Phi) is 9.99. The van der Waals surface area contributed by atoms with Crippen LogP contribution in [0, 0.1) is 11.6 Å². The van der Waals surface area contributed by atoms with Crippen molar-refractivity contribution in [2.75, 3.05) is 25.1 Å². The number of amides is 2. The summed E-state index contributed by atoms with van der Waals surface area (Å²) in [4.78, 5) is 31.9. The molecule has 0 radical (unpaired) electrons. The first-order valence-electron chi connectivity index (χ1n) is 14.2. The van der Waals surface area contributed by atoms with Gasteiger partial charge in [0.15, 0.2) is 0 Å². The van der Waals surface area contributed by atoms with Crippen LogP contribution in [0.4, 0.5) is 19.4 Å².